The molecule has 1 unspecified atom stereocenters. The van der Waals surface area contributed by atoms with Crippen LogP contribution in [0.15, 0.2) is 12.2 Å². The summed E-state index contributed by atoms with van der Waals surface area (Å²) in [5.41, 5.74) is 0. The molecular formula is C48H91NO5. The molecule has 0 radical (unpaired) electrons. The van der Waals surface area contributed by atoms with Crippen LogP contribution >= 0.6 is 0 Å². The van der Waals surface area contributed by atoms with Gasteiger partial charge in [-0.1, -0.05) is 219 Å². The molecule has 0 heterocycles. The fourth-order valence-corrected chi connectivity index (χ4v) is 7.37. The third kappa shape index (κ3) is 42.9. The topological polar surface area (TPSA) is 92.7 Å². The molecule has 0 aromatic rings. The van der Waals surface area contributed by atoms with Gasteiger partial charge >= 0.3 is 11.9 Å². The lowest BCUT2D eigenvalue weighted by Gasteiger charge is -2.15. The van der Waals surface area contributed by atoms with Crippen LogP contribution in [0.1, 0.15) is 264 Å². The van der Waals surface area contributed by atoms with Crippen LogP contribution < -0.4 is 5.32 Å². The Labute approximate surface area is 335 Å². The number of nitrogens with one attached hydrogen (secondary N) is 1. The number of aliphatic carboxylic acids is 1. The van der Waals surface area contributed by atoms with Crippen LogP contribution in [0, 0.1) is 0 Å². The van der Waals surface area contributed by atoms with Crippen molar-refractivity contribution in [2.24, 2.45) is 0 Å². The molecule has 2 N–H and O–H groups in total. The van der Waals surface area contributed by atoms with E-state index in [1.165, 1.54) is 173 Å². The highest BCUT2D eigenvalue weighted by Crippen LogP contribution is 2.18. The summed E-state index contributed by atoms with van der Waals surface area (Å²) >= 11 is 0. The number of carbonyl (C=O) groups is 3. The SMILES string of the molecule is CCCCCCCC/C=C\C(CCCCCCCCC(=O)NCC(=O)O)OC(=O)CCCCCCCCCCCCCCCCCCCCCCCCC. The summed E-state index contributed by atoms with van der Waals surface area (Å²) in [4.78, 5) is 34.9. The van der Waals surface area contributed by atoms with Crippen molar-refractivity contribution in [3.05, 3.63) is 12.2 Å². The van der Waals surface area contributed by atoms with Gasteiger partial charge in [-0.3, -0.25) is 14.4 Å². The smallest absolute Gasteiger partial charge is 0.322 e. The number of esters is 1. The predicted octanol–water partition coefficient (Wildman–Crippen LogP) is 14.9. The van der Waals surface area contributed by atoms with Gasteiger partial charge in [-0.25, -0.2) is 0 Å². The summed E-state index contributed by atoms with van der Waals surface area (Å²) in [6.45, 7) is 4.24. The minimum Gasteiger partial charge on any atom is -0.480 e. The molecule has 0 aliphatic rings. The summed E-state index contributed by atoms with van der Waals surface area (Å²) in [6.07, 6.45) is 52.4. The molecule has 318 valence electrons. The van der Waals surface area contributed by atoms with Gasteiger partial charge in [0.1, 0.15) is 12.6 Å². The summed E-state index contributed by atoms with van der Waals surface area (Å²) in [5, 5.41) is 11.1. The van der Waals surface area contributed by atoms with Crippen molar-refractivity contribution in [2.45, 2.75) is 270 Å². The maximum atomic E-state index is 12.7. The molecule has 6 nitrogen and oxygen atoms in total. The second-order valence-corrected chi connectivity index (χ2v) is 16.4. The molecule has 0 fully saturated rings. The highest BCUT2D eigenvalue weighted by Gasteiger charge is 2.12. The highest BCUT2D eigenvalue weighted by atomic mass is 16.5. The van der Waals surface area contributed by atoms with E-state index in [1.807, 2.05) is 0 Å². The Morgan fingerprint density at radius 3 is 1.24 bits per heavy atom. The van der Waals surface area contributed by atoms with Crippen LogP contribution in [0.3, 0.4) is 0 Å². The Morgan fingerprint density at radius 2 is 0.833 bits per heavy atom. The number of carboxylic acid groups (broad SMARTS) is 1. The predicted molar refractivity (Wildman–Crippen MR) is 231 cm³/mol. The first-order valence-electron chi connectivity index (χ1n) is 23.8. The Balaban J connectivity index is 3.90. The first-order chi connectivity index (χ1) is 26.5. The van der Waals surface area contributed by atoms with E-state index in [0.717, 1.165) is 64.2 Å². The molecule has 0 aliphatic heterocycles. The quantitative estimate of drug-likeness (QED) is 0.0366. The molecule has 0 aromatic carbocycles. The van der Waals surface area contributed by atoms with E-state index in [4.69, 9.17) is 9.84 Å². The molecule has 0 bridgehead atoms. The first kappa shape index (κ1) is 52.2. The molecule has 0 spiro atoms. The van der Waals surface area contributed by atoms with Gasteiger partial charge in [0.2, 0.25) is 5.91 Å². The van der Waals surface area contributed by atoms with Crippen LogP contribution in [0.25, 0.3) is 0 Å². The van der Waals surface area contributed by atoms with E-state index < -0.39 is 5.97 Å². The molecule has 0 aromatic heterocycles. The summed E-state index contributed by atoms with van der Waals surface area (Å²) in [7, 11) is 0. The lowest BCUT2D eigenvalue weighted by atomic mass is 10.0. The van der Waals surface area contributed by atoms with Crippen molar-refractivity contribution in [1.82, 2.24) is 5.32 Å². The van der Waals surface area contributed by atoms with Crippen molar-refractivity contribution >= 4 is 17.8 Å². The van der Waals surface area contributed by atoms with Crippen LogP contribution in [0.2, 0.25) is 0 Å². The fraction of sp³-hybridized carbons (Fsp3) is 0.896. The molecular weight excluding hydrogens is 671 g/mol. The average Bonchev–Trinajstić information content (AvgIpc) is 3.16. The molecule has 0 saturated carbocycles. The van der Waals surface area contributed by atoms with E-state index in [9.17, 15) is 14.4 Å². The second-order valence-electron chi connectivity index (χ2n) is 16.4. The van der Waals surface area contributed by atoms with Crippen LogP contribution in [0.4, 0.5) is 0 Å². The standard InChI is InChI=1S/C48H91NO5/c1-3-5-7-9-11-13-14-15-16-17-18-19-20-21-22-23-24-25-26-27-29-35-39-43-48(53)54-45(40-36-32-28-12-10-8-6-4-2)41-37-33-30-31-34-38-42-46(50)49-44-47(51)52/h36,40,45H,3-35,37-39,41-44H2,1-2H3,(H,49,50)(H,51,52)/b40-36-. The number of amides is 1. The zero-order chi connectivity index (χ0) is 39.4. The van der Waals surface area contributed by atoms with Crippen molar-refractivity contribution in [2.75, 3.05) is 6.54 Å². The number of ether oxygens (including phenoxy) is 1. The number of unbranched alkanes of at least 4 members (excludes halogenated alkanes) is 33. The monoisotopic (exact) mass is 762 g/mol. The molecule has 0 saturated heterocycles. The molecule has 0 aliphatic carbocycles. The van der Waals surface area contributed by atoms with Crippen molar-refractivity contribution < 1.29 is 24.2 Å². The highest BCUT2D eigenvalue weighted by molar-refractivity contribution is 5.80. The third-order valence-corrected chi connectivity index (χ3v) is 10.9. The van der Waals surface area contributed by atoms with Crippen molar-refractivity contribution in [1.29, 1.82) is 0 Å². The van der Waals surface area contributed by atoms with Gasteiger partial charge in [0.15, 0.2) is 0 Å². The number of allylic oxidation sites excluding steroid dienone is 1. The van der Waals surface area contributed by atoms with Gasteiger partial charge < -0.3 is 15.2 Å². The van der Waals surface area contributed by atoms with E-state index in [0.29, 0.717) is 12.8 Å². The normalized spacial score (nSPS) is 12.0. The molecule has 6 heteroatoms. The lowest BCUT2D eigenvalue weighted by molar-refractivity contribution is -0.147. The number of rotatable bonds is 44. The minimum atomic E-state index is -1.01. The third-order valence-electron chi connectivity index (χ3n) is 10.9. The fourth-order valence-electron chi connectivity index (χ4n) is 7.37. The van der Waals surface area contributed by atoms with Crippen LogP contribution in [0.5, 0.6) is 0 Å². The molecule has 1 amide bonds. The van der Waals surface area contributed by atoms with Gasteiger partial charge in [0.25, 0.3) is 0 Å². The second kappa shape index (κ2) is 43.9. The number of hydrogen-bond donors (Lipinski definition) is 2. The maximum absolute atomic E-state index is 12.7. The summed E-state index contributed by atoms with van der Waals surface area (Å²) < 4.78 is 5.96. The lowest BCUT2D eigenvalue weighted by Crippen LogP contribution is -2.28. The molecule has 0 rings (SSSR count). The summed E-state index contributed by atoms with van der Waals surface area (Å²) in [5.74, 6) is -1.25. The Morgan fingerprint density at radius 1 is 0.481 bits per heavy atom. The Kier molecular flexibility index (Phi) is 42.4. The van der Waals surface area contributed by atoms with Gasteiger partial charge in [0.05, 0.1) is 0 Å². The van der Waals surface area contributed by atoms with E-state index in [1.54, 1.807) is 0 Å². The largest absolute Gasteiger partial charge is 0.480 e. The Bertz CT molecular complexity index is 843. The van der Waals surface area contributed by atoms with Gasteiger partial charge in [-0.15, -0.1) is 0 Å². The van der Waals surface area contributed by atoms with E-state index in [-0.39, 0.29) is 24.5 Å². The van der Waals surface area contributed by atoms with Gasteiger partial charge in [-0.05, 0) is 44.6 Å². The zero-order valence-corrected chi connectivity index (χ0v) is 36.1. The van der Waals surface area contributed by atoms with Gasteiger partial charge in [-0.2, -0.15) is 0 Å². The Hall–Kier alpha value is -1.85. The number of hydrogen-bond acceptors (Lipinski definition) is 4. The van der Waals surface area contributed by atoms with Crippen LogP contribution in [-0.2, 0) is 19.1 Å². The first-order valence-corrected chi connectivity index (χ1v) is 23.8. The summed E-state index contributed by atoms with van der Waals surface area (Å²) in [6, 6.07) is 0. The molecule has 54 heavy (non-hydrogen) atoms. The van der Waals surface area contributed by atoms with Crippen molar-refractivity contribution in [3.8, 4) is 0 Å². The van der Waals surface area contributed by atoms with E-state index in [2.05, 4.69) is 31.3 Å². The van der Waals surface area contributed by atoms with Crippen LogP contribution in [-0.4, -0.2) is 35.6 Å². The zero-order valence-electron chi connectivity index (χ0n) is 36.1. The molecule has 1 atom stereocenters. The average molecular weight is 762 g/mol. The number of carboxylic acids is 1. The minimum absolute atomic E-state index is 0.0473. The maximum Gasteiger partial charge on any atom is 0.322 e. The van der Waals surface area contributed by atoms with E-state index >= 15 is 0 Å². The number of carbonyl (C=O) groups excluding carboxylic acids is 2. The van der Waals surface area contributed by atoms with Gasteiger partial charge in [0, 0.05) is 12.8 Å². The van der Waals surface area contributed by atoms with Crippen molar-refractivity contribution in [3.63, 3.8) is 0 Å².